The number of para-hydroxylation sites is 2. The third-order valence-corrected chi connectivity index (χ3v) is 2.43. The van der Waals surface area contributed by atoms with E-state index in [9.17, 15) is 15.5 Å². The van der Waals surface area contributed by atoms with Gasteiger partial charge in [0.15, 0.2) is 5.69 Å². The van der Waals surface area contributed by atoms with Gasteiger partial charge in [0.2, 0.25) is 6.23 Å². The summed E-state index contributed by atoms with van der Waals surface area (Å²) in [5.41, 5.74) is 5.75. The minimum atomic E-state index is -1.35. The molecule has 0 aromatic heterocycles. The SMILES string of the molecule is CC(O)[N+]1([O-])N=C(N)N(O)c2ccccc21. The van der Waals surface area contributed by atoms with Crippen molar-refractivity contribution in [1.29, 1.82) is 0 Å². The quantitative estimate of drug-likeness (QED) is 0.469. The first-order valence-corrected chi connectivity index (χ1v) is 4.69. The Labute approximate surface area is 91.7 Å². The first kappa shape index (κ1) is 10.8. The van der Waals surface area contributed by atoms with Crippen molar-refractivity contribution >= 4 is 17.3 Å². The number of hydrogen-bond donors (Lipinski definition) is 3. The standard InChI is InChI=1S/C9H12N4O3/c1-6(14)13(16)8-5-3-2-4-7(8)12(15)9(10)11-13/h2-6,14-15H,1H3,(H2,10,11). The highest BCUT2D eigenvalue weighted by Crippen LogP contribution is 2.37. The van der Waals surface area contributed by atoms with Crippen LogP contribution in [0.2, 0.25) is 0 Å². The maximum Gasteiger partial charge on any atom is 0.280 e. The van der Waals surface area contributed by atoms with Gasteiger partial charge in [-0.25, -0.2) is 0 Å². The lowest BCUT2D eigenvalue weighted by Crippen LogP contribution is -2.53. The van der Waals surface area contributed by atoms with Crippen molar-refractivity contribution in [2.24, 2.45) is 10.8 Å². The molecule has 86 valence electrons. The van der Waals surface area contributed by atoms with Crippen molar-refractivity contribution in [2.75, 3.05) is 5.06 Å². The van der Waals surface area contributed by atoms with E-state index in [2.05, 4.69) is 5.10 Å². The normalized spacial score (nSPS) is 26.0. The zero-order chi connectivity index (χ0) is 11.9. The van der Waals surface area contributed by atoms with Crippen LogP contribution in [0.4, 0.5) is 11.4 Å². The number of benzene rings is 1. The van der Waals surface area contributed by atoms with Gasteiger partial charge < -0.3 is 16.0 Å². The van der Waals surface area contributed by atoms with Gasteiger partial charge >= 0.3 is 0 Å². The number of anilines is 1. The highest BCUT2D eigenvalue weighted by Gasteiger charge is 2.37. The van der Waals surface area contributed by atoms with Crippen molar-refractivity contribution in [1.82, 2.24) is 4.76 Å². The molecule has 0 bridgehead atoms. The molecule has 0 saturated carbocycles. The summed E-state index contributed by atoms with van der Waals surface area (Å²) < 4.78 is -1.35. The number of quaternary nitrogens is 1. The number of aliphatic hydroxyl groups is 1. The van der Waals surface area contributed by atoms with Crippen LogP contribution >= 0.6 is 0 Å². The van der Waals surface area contributed by atoms with Crippen LogP contribution in [0.25, 0.3) is 0 Å². The molecule has 0 saturated heterocycles. The molecule has 1 aliphatic rings. The second-order valence-electron chi connectivity index (χ2n) is 3.51. The first-order valence-electron chi connectivity index (χ1n) is 4.69. The maximum atomic E-state index is 12.3. The number of fused-ring (bicyclic) bond motifs is 1. The lowest BCUT2D eigenvalue weighted by atomic mass is 10.2. The minimum absolute atomic E-state index is 0.134. The Balaban J connectivity index is 2.65. The minimum Gasteiger partial charge on any atom is -0.597 e. The predicted octanol–water partition coefficient (Wildman–Crippen LogP) is 0.269. The molecule has 2 rings (SSSR count). The van der Waals surface area contributed by atoms with E-state index in [1.807, 2.05) is 0 Å². The van der Waals surface area contributed by atoms with Gasteiger partial charge in [0.25, 0.3) is 5.96 Å². The molecule has 1 heterocycles. The summed E-state index contributed by atoms with van der Waals surface area (Å²) in [4.78, 5) is 0. The fourth-order valence-corrected chi connectivity index (χ4v) is 1.57. The van der Waals surface area contributed by atoms with Gasteiger partial charge in [0.1, 0.15) is 5.69 Å². The van der Waals surface area contributed by atoms with Crippen molar-refractivity contribution in [3.63, 3.8) is 0 Å². The molecular formula is C9H12N4O3. The summed E-state index contributed by atoms with van der Waals surface area (Å²) in [6, 6.07) is 6.27. The molecule has 7 heteroatoms. The Morgan fingerprint density at radius 3 is 2.75 bits per heavy atom. The van der Waals surface area contributed by atoms with Crippen LogP contribution in [0.3, 0.4) is 0 Å². The van der Waals surface area contributed by atoms with Crippen LogP contribution in [0, 0.1) is 5.21 Å². The molecule has 4 N–H and O–H groups in total. The highest BCUT2D eigenvalue weighted by atomic mass is 16.6. The van der Waals surface area contributed by atoms with E-state index in [0.29, 0.717) is 5.06 Å². The number of hydrogen-bond acceptors (Lipinski definition) is 6. The Morgan fingerprint density at radius 2 is 2.12 bits per heavy atom. The Kier molecular flexibility index (Phi) is 2.32. The van der Waals surface area contributed by atoms with Crippen LogP contribution in [0.15, 0.2) is 29.4 Å². The van der Waals surface area contributed by atoms with Gasteiger partial charge in [-0.15, -0.1) is 0 Å². The second kappa shape index (κ2) is 3.42. The van der Waals surface area contributed by atoms with Gasteiger partial charge in [0.05, 0.1) is 0 Å². The van der Waals surface area contributed by atoms with E-state index in [-0.39, 0.29) is 17.3 Å². The number of nitrogens with two attached hydrogens (primary N) is 1. The van der Waals surface area contributed by atoms with Gasteiger partial charge in [0, 0.05) is 13.0 Å². The Hall–Kier alpha value is -1.67. The monoisotopic (exact) mass is 224 g/mol. The smallest absolute Gasteiger partial charge is 0.280 e. The number of hydroxylamine groups is 2. The predicted molar refractivity (Wildman–Crippen MR) is 59.2 cm³/mol. The van der Waals surface area contributed by atoms with Crippen LogP contribution in [-0.2, 0) is 0 Å². The molecule has 0 fully saturated rings. The third kappa shape index (κ3) is 1.34. The number of rotatable bonds is 1. The summed E-state index contributed by atoms with van der Waals surface area (Å²) in [7, 11) is 0. The fourth-order valence-electron chi connectivity index (χ4n) is 1.57. The third-order valence-electron chi connectivity index (χ3n) is 2.43. The average Bonchev–Trinajstić information content (AvgIpc) is 2.26. The highest BCUT2D eigenvalue weighted by molar-refractivity contribution is 5.98. The molecule has 1 aliphatic heterocycles. The molecule has 0 radical (unpaired) electrons. The molecule has 16 heavy (non-hydrogen) atoms. The summed E-state index contributed by atoms with van der Waals surface area (Å²) in [6.45, 7) is 1.31. The van der Waals surface area contributed by atoms with Gasteiger partial charge in [-0.1, -0.05) is 12.1 Å². The zero-order valence-electron chi connectivity index (χ0n) is 8.61. The van der Waals surface area contributed by atoms with E-state index in [1.165, 1.54) is 19.1 Å². The van der Waals surface area contributed by atoms with Crippen molar-refractivity contribution in [3.8, 4) is 0 Å². The van der Waals surface area contributed by atoms with Crippen LogP contribution in [0.5, 0.6) is 0 Å². The summed E-state index contributed by atoms with van der Waals surface area (Å²) in [5.74, 6) is -0.352. The van der Waals surface area contributed by atoms with Gasteiger partial charge in [-0.05, 0) is 11.2 Å². The van der Waals surface area contributed by atoms with Gasteiger partial charge in [-0.2, -0.15) is 9.82 Å². The molecule has 7 nitrogen and oxygen atoms in total. The van der Waals surface area contributed by atoms with E-state index in [1.54, 1.807) is 12.1 Å². The van der Waals surface area contributed by atoms with Gasteiger partial charge in [-0.3, -0.25) is 5.21 Å². The Morgan fingerprint density at radius 1 is 1.50 bits per heavy atom. The lowest BCUT2D eigenvalue weighted by Gasteiger charge is -2.41. The second-order valence-corrected chi connectivity index (χ2v) is 3.51. The van der Waals surface area contributed by atoms with Crippen LogP contribution in [0.1, 0.15) is 6.92 Å². The van der Waals surface area contributed by atoms with E-state index in [4.69, 9.17) is 5.73 Å². The molecule has 0 spiro atoms. The maximum absolute atomic E-state index is 12.3. The Bertz CT molecular complexity index is 448. The van der Waals surface area contributed by atoms with Crippen LogP contribution < -0.4 is 15.6 Å². The van der Waals surface area contributed by atoms with E-state index < -0.39 is 11.0 Å². The summed E-state index contributed by atoms with van der Waals surface area (Å²) in [5, 5.41) is 35.5. The van der Waals surface area contributed by atoms with Crippen molar-refractivity contribution in [3.05, 3.63) is 29.5 Å². The van der Waals surface area contributed by atoms with E-state index in [0.717, 1.165) is 0 Å². The topological polar surface area (TPSA) is 105 Å². The van der Waals surface area contributed by atoms with E-state index >= 15 is 0 Å². The first-order chi connectivity index (χ1) is 7.47. The number of guanidine groups is 1. The van der Waals surface area contributed by atoms with Crippen molar-refractivity contribution in [2.45, 2.75) is 13.2 Å². The lowest BCUT2D eigenvalue weighted by molar-refractivity contribution is 0.0575. The van der Waals surface area contributed by atoms with Crippen LogP contribution in [-0.4, -0.2) is 22.5 Å². The zero-order valence-corrected chi connectivity index (χ0v) is 8.61. The molecule has 1 aromatic rings. The molecule has 2 atom stereocenters. The number of aliphatic hydroxyl groups excluding tert-OH is 1. The van der Waals surface area contributed by atoms with Crippen molar-refractivity contribution < 1.29 is 10.3 Å². The summed E-state index contributed by atoms with van der Waals surface area (Å²) in [6.07, 6.45) is -1.31. The molecule has 2 unspecified atom stereocenters. The molecule has 0 aliphatic carbocycles. The molecule has 1 aromatic carbocycles. The molecule has 0 amide bonds. The fraction of sp³-hybridized carbons (Fsp3) is 0.222. The number of nitrogens with zero attached hydrogens (tertiary/aromatic N) is 3. The summed E-state index contributed by atoms with van der Waals surface area (Å²) >= 11 is 0. The molecular weight excluding hydrogens is 212 g/mol. The average molecular weight is 224 g/mol. The largest absolute Gasteiger partial charge is 0.597 e.